The lowest BCUT2D eigenvalue weighted by Gasteiger charge is -2.43. The predicted molar refractivity (Wildman–Crippen MR) is 156 cm³/mol. The molecule has 1 N–H and O–H groups in total. The number of nitrogens with one attached hydrogen (secondary N) is 1. The SMILES string of the molecule is CC1CC(=O)NN=C1c1ccc(CCCCCO[Si](c2ccccc2)(c2ccccc2)C(C)(C)C)cc1. The maximum Gasteiger partial charge on any atom is 0.261 e. The van der Waals surface area contributed by atoms with Gasteiger partial charge < -0.3 is 4.43 Å². The van der Waals surface area contributed by atoms with Gasteiger partial charge in [0.05, 0.1) is 5.71 Å². The molecule has 0 saturated heterocycles. The zero-order valence-corrected chi connectivity index (χ0v) is 23.7. The molecule has 3 aromatic carbocycles. The Hall–Kier alpha value is -3.02. The van der Waals surface area contributed by atoms with E-state index in [9.17, 15) is 4.79 Å². The van der Waals surface area contributed by atoms with Crippen LogP contribution in [0.4, 0.5) is 0 Å². The van der Waals surface area contributed by atoms with Crippen molar-refractivity contribution in [2.45, 2.75) is 64.8 Å². The second kappa shape index (κ2) is 12.0. The fraction of sp³-hybridized carbons (Fsp3) is 0.375. The molecule has 0 spiro atoms. The van der Waals surface area contributed by atoms with Gasteiger partial charge in [-0.3, -0.25) is 4.79 Å². The summed E-state index contributed by atoms with van der Waals surface area (Å²) in [5.41, 5.74) is 6.00. The van der Waals surface area contributed by atoms with Crippen molar-refractivity contribution in [3.63, 3.8) is 0 Å². The zero-order chi connectivity index (χ0) is 26.3. The third-order valence-electron chi connectivity index (χ3n) is 7.35. The normalized spacial score (nSPS) is 16.3. The van der Waals surface area contributed by atoms with E-state index in [2.05, 4.69) is 123 Å². The monoisotopic (exact) mass is 512 g/mol. The maximum absolute atomic E-state index is 11.5. The summed E-state index contributed by atoms with van der Waals surface area (Å²) in [5.74, 6) is 0.141. The third kappa shape index (κ3) is 6.28. The number of rotatable bonds is 10. The van der Waals surface area contributed by atoms with Crippen LogP contribution < -0.4 is 15.8 Å². The number of nitrogens with zero attached hydrogens (tertiary/aromatic N) is 1. The molecule has 5 heteroatoms. The Bertz CT molecular complexity index is 1150. The third-order valence-corrected chi connectivity index (χ3v) is 12.4. The fourth-order valence-corrected chi connectivity index (χ4v) is 10.0. The molecule has 1 heterocycles. The average molecular weight is 513 g/mol. The summed E-state index contributed by atoms with van der Waals surface area (Å²) in [6.07, 6.45) is 4.87. The first-order valence-electron chi connectivity index (χ1n) is 13.5. The smallest absolute Gasteiger partial charge is 0.261 e. The molecule has 0 bridgehead atoms. The molecule has 1 unspecified atom stereocenters. The van der Waals surface area contributed by atoms with Crippen LogP contribution in [0.5, 0.6) is 0 Å². The Kier molecular flexibility index (Phi) is 8.78. The molecule has 1 aliphatic heterocycles. The van der Waals surface area contributed by atoms with Gasteiger partial charge in [-0.05, 0) is 45.8 Å². The van der Waals surface area contributed by atoms with Crippen LogP contribution in [0.3, 0.4) is 0 Å². The van der Waals surface area contributed by atoms with Gasteiger partial charge in [-0.25, -0.2) is 5.43 Å². The number of hydrogen-bond acceptors (Lipinski definition) is 3. The first-order valence-corrected chi connectivity index (χ1v) is 15.4. The van der Waals surface area contributed by atoms with Crippen LogP contribution in [0.15, 0.2) is 90.0 Å². The van der Waals surface area contributed by atoms with E-state index in [0.29, 0.717) is 6.42 Å². The topological polar surface area (TPSA) is 50.7 Å². The second-order valence-corrected chi connectivity index (χ2v) is 15.5. The molecule has 1 atom stereocenters. The molecule has 0 aliphatic carbocycles. The van der Waals surface area contributed by atoms with Crippen LogP contribution in [0, 0.1) is 5.92 Å². The summed E-state index contributed by atoms with van der Waals surface area (Å²) in [4.78, 5) is 11.5. The highest BCUT2D eigenvalue weighted by Crippen LogP contribution is 2.36. The number of aryl methyl sites for hydroxylation is 1. The number of hydrazone groups is 1. The molecular weight excluding hydrogens is 472 g/mol. The largest absolute Gasteiger partial charge is 0.407 e. The number of carbonyl (C=O) groups is 1. The summed E-state index contributed by atoms with van der Waals surface area (Å²) in [6, 6.07) is 30.4. The number of benzene rings is 3. The van der Waals surface area contributed by atoms with E-state index >= 15 is 0 Å². The van der Waals surface area contributed by atoms with Crippen molar-refractivity contribution in [3.05, 3.63) is 96.1 Å². The summed E-state index contributed by atoms with van der Waals surface area (Å²) in [5, 5.41) is 6.97. The van der Waals surface area contributed by atoms with Gasteiger partial charge in [-0.1, -0.05) is 119 Å². The minimum absolute atomic E-state index is 0.00760. The molecule has 0 saturated carbocycles. The molecule has 194 valence electrons. The van der Waals surface area contributed by atoms with Gasteiger partial charge >= 0.3 is 0 Å². The highest BCUT2D eigenvalue weighted by Gasteiger charge is 2.49. The Morgan fingerprint density at radius 1 is 0.865 bits per heavy atom. The van der Waals surface area contributed by atoms with Crippen molar-refractivity contribution in [1.29, 1.82) is 0 Å². The van der Waals surface area contributed by atoms with E-state index in [1.807, 2.05) is 0 Å². The van der Waals surface area contributed by atoms with Gasteiger partial charge in [0.25, 0.3) is 8.32 Å². The summed E-state index contributed by atoms with van der Waals surface area (Å²) >= 11 is 0. The van der Waals surface area contributed by atoms with Crippen molar-refractivity contribution < 1.29 is 9.22 Å². The number of carbonyl (C=O) groups excluding carboxylic acids is 1. The van der Waals surface area contributed by atoms with Gasteiger partial charge in [-0.15, -0.1) is 0 Å². The van der Waals surface area contributed by atoms with Gasteiger partial charge in [-0.2, -0.15) is 5.10 Å². The Morgan fingerprint density at radius 3 is 2.00 bits per heavy atom. The molecule has 37 heavy (non-hydrogen) atoms. The van der Waals surface area contributed by atoms with E-state index in [4.69, 9.17) is 4.43 Å². The van der Waals surface area contributed by atoms with Crippen LogP contribution >= 0.6 is 0 Å². The first kappa shape index (κ1) is 27.0. The van der Waals surface area contributed by atoms with Gasteiger partial charge in [0, 0.05) is 18.9 Å². The van der Waals surface area contributed by atoms with Crippen molar-refractivity contribution >= 4 is 30.3 Å². The Morgan fingerprint density at radius 2 is 1.46 bits per heavy atom. The van der Waals surface area contributed by atoms with Crippen molar-refractivity contribution in [2.24, 2.45) is 11.0 Å². The van der Waals surface area contributed by atoms with E-state index < -0.39 is 8.32 Å². The quantitative estimate of drug-likeness (QED) is 0.274. The van der Waals surface area contributed by atoms with Crippen molar-refractivity contribution in [1.82, 2.24) is 5.43 Å². The summed E-state index contributed by atoms with van der Waals surface area (Å²) in [6.45, 7) is 9.82. The molecule has 4 rings (SSSR count). The Balaban J connectivity index is 1.35. The van der Waals surface area contributed by atoms with E-state index in [0.717, 1.165) is 43.6 Å². The van der Waals surface area contributed by atoms with Crippen molar-refractivity contribution in [3.8, 4) is 0 Å². The zero-order valence-electron chi connectivity index (χ0n) is 22.7. The second-order valence-electron chi connectivity index (χ2n) is 11.2. The highest BCUT2D eigenvalue weighted by molar-refractivity contribution is 6.99. The first-order chi connectivity index (χ1) is 17.8. The summed E-state index contributed by atoms with van der Waals surface area (Å²) < 4.78 is 7.01. The lowest BCUT2D eigenvalue weighted by atomic mass is 9.93. The molecule has 0 fully saturated rings. The van der Waals surface area contributed by atoms with E-state index in [-0.39, 0.29) is 16.9 Å². The van der Waals surface area contributed by atoms with Gasteiger partial charge in [0.15, 0.2) is 0 Å². The highest BCUT2D eigenvalue weighted by atomic mass is 28.4. The molecule has 0 radical (unpaired) electrons. The van der Waals surface area contributed by atoms with Crippen LogP contribution in [0.2, 0.25) is 5.04 Å². The maximum atomic E-state index is 11.5. The molecule has 4 nitrogen and oxygen atoms in total. The average Bonchev–Trinajstić information content (AvgIpc) is 2.89. The standard InChI is InChI=1S/C32H40N2O2Si/c1-25-24-30(35)33-34-31(25)27-21-19-26(20-22-27)14-8-7-13-23-36-37(32(2,3)4,28-15-9-5-10-16-28)29-17-11-6-12-18-29/h5-6,9-12,15-22,25H,7-8,13-14,23-24H2,1-4H3,(H,33,35). The van der Waals surface area contributed by atoms with Crippen LogP contribution in [0.25, 0.3) is 0 Å². The Labute approximate surface area is 223 Å². The van der Waals surface area contributed by atoms with Crippen LogP contribution in [0.1, 0.15) is 64.5 Å². The van der Waals surface area contributed by atoms with Crippen LogP contribution in [-0.4, -0.2) is 26.5 Å². The summed E-state index contributed by atoms with van der Waals surface area (Å²) in [7, 11) is -2.44. The lowest BCUT2D eigenvalue weighted by Crippen LogP contribution is -2.66. The fourth-order valence-electron chi connectivity index (χ4n) is 5.44. The lowest BCUT2D eigenvalue weighted by molar-refractivity contribution is -0.121. The van der Waals surface area contributed by atoms with E-state index in [1.165, 1.54) is 15.9 Å². The van der Waals surface area contributed by atoms with Crippen molar-refractivity contribution in [2.75, 3.05) is 6.61 Å². The van der Waals surface area contributed by atoms with Gasteiger partial charge in [0.1, 0.15) is 0 Å². The van der Waals surface area contributed by atoms with E-state index in [1.54, 1.807) is 0 Å². The molecule has 0 aromatic heterocycles. The molecule has 1 amide bonds. The number of amides is 1. The molecular formula is C32H40N2O2Si. The van der Waals surface area contributed by atoms with Crippen LogP contribution in [-0.2, 0) is 15.6 Å². The predicted octanol–water partition coefficient (Wildman–Crippen LogP) is 5.84. The minimum atomic E-state index is -2.44. The molecule has 3 aromatic rings. The van der Waals surface area contributed by atoms with Gasteiger partial charge in [0.2, 0.25) is 5.91 Å². The number of unbranched alkanes of at least 4 members (excludes halogenated alkanes) is 2. The minimum Gasteiger partial charge on any atom is -0.407 e. The molecule has 1 aliphatic rings. The number of hydrogen-bond donors (Lipinski definition) is 1.